The van der Waals surface area contributed by atoms with Crippen molar-refractivity contribution in [1.29, 1.82) is 0 Å². The molecule has 17 heavy (non-hydrogen) atoms. The number of fused-ring (bicyclic) bond motifs is 4. The van der Waals surface area contributed by atoms with Gasteiger partial charge in [-0.25, -0.2) is 0 Å². The molecule has 0 amide bonds. The smallest absolute Gasteiger partial charge is 0.0468 e. The van der Waals surface area contributed by atoms with E-state index in [1.807, 2.05) is 6.21 Å². The second-order valence-electron chi connectivity index (χ2n) is 4.55. The third-order valence-electron chi connectivity index (χ3n) is 3.51. The average molecular weight is 220 g/mol. The third-order valence-corrected chi connectivity index (χ3v) is 3.51. The van der Waals surface area contributed by atoms with Crippen LogP contribution < -0.4 is 0 Å². The highest BCUT2D eigenvalue weighted by Crippen LogP contribution is 2.28. The van der Waals surface area contributed by atoms with Crippen LogP contribution in [-0.2, 0) is 6.42 Å². The number of aliphatic imine (C=N–C) groups is 1. The molecule has 1 N–H and O–H groups in total. The van der Waals surface area contributed by atoms with Crippen LogP contribution in [0.2, 0.25) is 0 Å². The van der Waals surface area contributed by atoms with Crippen molar-refractivity contribution in [2.24, 2.45) is 4.99 Å². The van der Waals surface area contributed by atoms with Crippen molar-refractivity contribution in [2.75, 3.05) is 6.54 Å². The summed E-state index contributed by atoms with van der Waals surface area (Å²) in [5.41, 5.74) is 5.12. The highest BCUT2D eigenvalue weighted by Gasteiger charge is 2.10. The number of hydrogen-bond acceptors (Lipinski definition) is 1. The number of nitrogens with zero attached hydrogens (tertiary/aromatic N) is 1. The molecule has 2 nitrogen and oxygen atoms in total. The van der Waals surface area contributed by atoms with E-state index >= 15 is 0 Å². The predicted molar refractivity (Wildman–Crippen MR) is 72.0 cm³/mol. The Morgan fingerprint density at radius 3 is 2.94 bits per heavy atom. The molecule has 0 atom stereocenters. The van der Waals surface area contributed by atoms with Gasteiger partial charge >= 0.3 is 0 Å². The Balaban J connectivity index is 2.16. The summed E-state index contributed by atoms with van der Waals surface area (Å²) >= 11 is 0. The maximum atomic E-state index is 4.35. The lowest BCUT2D eigenvalue weighted by Crippen LogP contribution is -2.02. The SMILES string of the molecule is C1=NCCc2cc3[nH]c4ccccc4c3cc21. The van der Waals surface area contributed by atoms with E-state index in [4.69, 9.17) is 0 Å². The van der Waals surface area contributed by atoms with E-state index in [9.17, 15) is 0 Å². The van der Waals surface area contributed by atoms with Crippen LogP contribution in [0, 0.1) is 0 Å². The van der Waals surface area contributed by atoms with Gasteiger partial charge in [-0.2, -0.15) is 0 Å². The summed E-state index contributed by atoms with van der Waals surface area (Å²) in [6.45, 7) is 0.915. The highest BCUT2D eigenvalue weighted by atomic mass is 14.7. The monoisotopic (exact) mass is 220 g/mol. The molecule has 2 aromatic carbocycles. The van der Waals surface area contributed by atoms with E-state index in [1.165, 1.54) is 32.9 Å². The van der Waals surface area contributed by atoms with E-state index in [1.54, 1.807) is 0 Å². The fraction of sp³-hybridized carbons (Fsp3) is 0.133. The topological polar surface area (TPSA) is 28.1 Å². The van der Waals surface area contributed by atoms with Crippen molar-refractivity contribution in [3.05, 3.63) is 47.5 Å². The summed E-state index contributed by atoms with van der Waals surface area (Å²) in [4.78, 5) is 7.84. The number of aromatic amines is 1. The van der Waals surface area contributed by atoms with Crippen molar-refractivity contribution in [3.8, 4) is 0 Å². The summed E-state index contributed by atoms with van der Waals surface area (Å²) < 4.78 is 0. The molecule has 2 heteroatoms. The van der Waals surface area contributed by atoms with Crippen LogP contribution in [0.1, 0.15) is 11.1 Å². The molecule has 1 aliphatic heterocycles. The van der Waals surface area contributed by atoms with E-state index in [0.29, 0.717) is 0 Å². The van der Waals surface area contributed by atoms with Crippen LogP contribution in [0.3, 0.4) is 0 Å². The van der Waals surface area contributed by atoms with Crippen LogP contribution >= 0.6 is 0 Å². The van der Waals surface area contributed by atoms with Crippen LogP contribution in [0.25, 0.3) is 21.8 Å². The van der Waals surface area contributed by atoms with Gasteiger partial charge < -0.3 is 4.98 Å². The molecular formula is C15H12N2. The lowest BCUT2D eigenvalue weighted by Gasteiger charge is -2.09. The van der Waals surface area contributed by atoms with E-state index in [0.717, 1.165) is 13.0 Å². The molecule has 0 spiro atoms. The van der Waals surface area contributed by atoms with Gasteiger partial charge in [-0.05, 0) is 35.7 Å². The first-order chi connectivity index (χ1) is 8.42. The number of H-pyrrole nitrogens is 1. The summed E-state index contributed by atoms with van der Waals surface area (Å²) in [6.07, 6.45) is 3.05. The fourth-order valence-corrected chi connectivity index (χ4v) is 2.64. The van der Waals surface area contributed by atoms with Gasteiger partial charge in [-0.1, -0.05) is 18.2 Å². The molecule has 1 aliphatic rings. The second-order valence-corrected chi connectivity index (χ2v) is 4.55. The van der Waals surface area contributed by atoms with Crippen LogP contribution in [0.5, 0.6) is 0 Å². The van der Waals surface area contributed by atoms with Crippen LogP contribution in [0.15, 0.2) is 41.4 Å². The molecule has 0 saturated carbocycles. The normalized spacial score (nSPS) is 14.4. The number of nitrogens with one attached hydrogen (secondary N) is 1. The van der Waals surface area contributed by atoms with Gasteiger partial charge in [0.25, 0.3) is 0 Å². The van der Waals surface area contributed by atoms with Gasteiger partial charge in [-0.15, -0.1) is 0 Å². The molecule has 0 aliphatic carbocycles. The highest BCUT2D eigenvalue weighted by molar-refractivity contribution is 6.09. The van der Waals surface area contributed by atoms with Gasteiger partial charge in [-0.3, -0.25) is 4.99 Å². The number of aromatic nitrogens is 1. The lowest BCUT2D eigenvalue weighted by atomic mass is 10.00. The number of benzene rings is 2. The van der Waals surface area contributed by atoms with Crippen molar-refractivity contribution in [1.82, 2.24) is 4.98 Å². The molecule has 82 valence electrons. The molecule has 0 unspecified atom stereocenters. The molecule has 2 heterocycles. The maximum absolute atomic E-state index is 4.35. The van der Waals surface area contributed by atoms with E-state index in [2.05, 4.69) is 46.4 Å². The average Bonchev–Trinajstić information content (AvgIpc) is 2.73. The largest absolute Gasteiger partial charge is 0.355 e. The van der Waals surface area contributed by atoms with Crippen molar-refractivity contribution in [3.63, 3.8) is 0 Å². The standard InChI is InChI=1S/C15H12N2/c1-2-4-14-12(3-1)13-7-11-9-16-6-5-10(11)8-15(13)17-14/h1-4,7-9,17H,5-6H2. The minimum atomic E-state index is 0.915. The number of rotatable bonds is 0. The summed E-state index contributed by atoms with van der Waals surface area (Å²) in [6, 6.07) is 13.0. The second kappa shape index (κ2) is 3.20. The van der Waals surface area contributed by atoms with Crippen molar-refractivity contribution < 1.29 is 0 Å². The van der Waals surface area contributed by atoms with Gasteiger partial charge in [0.05, 0.1) is 0 Å². The molecule has 4 rings (SSSR count). The number of para-hydroxylation sites is 1. The molecule has 3 aromatic rings. The summed E-state index contributed by atoms with van der Waals surface area (Å²) in [5.74, 6) is 0. The summed E-state index contributed by atoms with van der Waals surface area (Å²) in [5, 5.41) is 2.59. The van der Waals surface area contributed by atoms with Crippen LogP contribution in [0.4, 0.5) is 0 Å². The molecule has 1 aromatic heterocycles. The predicted octanol–water partition coefficient (Wildman–Crippen LogP) is 3.30. The molecule has 0 fully saturated rings. The minimum Gasteiger partial charge on any atom is -0.355 e. The fourth-order valence-electron chi connectivity index (χ4n) is 2.64. The third kappa shape index (κ3) is 1.24. The first-order valence-electron chi connectivity index (χ1n) is 5.95. The zero-order valence-corrected chi connectivity index (χ0v) is 9.40. The van der Waals surface area contributed by atoms with Crippen LogP contribution in [-0.4, -0.2) is 17.7 Å². The number of hydrogen-bond donors (Lipinski definition) is 1. The first kappa shape index (κ1) is 8.99. The molecular weight excluding hydrogens is 208 g/mol. The Labute approximate surface area is 99.0 Å². The van der Waals surface area contributed by atoms with Crippen molar-refractivity contribution >= 4 is 28.0 Å². The molecule has 0 saturated heterocycles. The van der Waals surface area contributed by atoms with Crippen molar-refractivity contribution in [2.45, 2.75) is 6.42 Å². The Kier molecular flexibility index (Phi) is 1.69. The Bertz CT molecular complexity index is 750. The Morgan fingerprint density at radius 2 is 1.94 bits per heavy atom. The Morgan fingerprint density at radius 1 is 1.00 bits per heavy atom. The van der Waals surface area contributed by atoms with E-state index < -0.39 is 0 Å². The lowest BCUT2D eigenvalue weighted by molar-refractivity contribution is 0.954. The zero-order valence-electron chi connectivity index (χ0n) is 9.40. The zero-order chi connectivity index (χ0) is 11.2. The summed E-state index contributed by atoms with van der Waals surface area (Å²) in [7, 11) is 0. The van der Waals surface area contributed by atoms with E-state index in [-0.39, 0.29) is 0 Å². The quantitative estimate of drug-likeness (QED) is 0.602. The first-order valence-corrected chi connectivity index (χ1v) is 5.95. The van der Waals surface area contributed by atoms with Gasteiger partial charge in [0.15, 0.2) is 0 Å². The van der Waals surface area contributed by atoms with Gasteiger partial charge in [0.1, 0.15) is 0 Å². The minimum absolute atomic E-state index is 0.915. The Hall–Kier alpha value is -2.09. The van der Waals surface area contributed by atoms with Gasteiger partial charge in [0.2, 0.25) is 0 Å². The van der Waals surface area contributed by atoms with Gasteiger partial charge in [0, 0.05) is 34.6 Å². The molecule has 0 bridgehead atoms. The maximum Gasteiger partial charge on any atom is 0.0468 e. The molecule has 0 radical (unpaired) electrons.